The Morgan fingerprint density at radius 1 is 1.45 bits per heavy atom. The van der Waals surface area contributed by atoms with Crippen LogP contribution in [0.4, 0.5) is 0 Å². The monoisotopic (exact) mass is 302 g/mol. The number of aryl methyl sites for hydroxylation is 1. The van der Waals surface area contributed by atoms with Crippen LogP contribution >= 0.6 is 0 Å². The molecule has 1 aromatic heterocycles. The number of morpholine rings is 1. The number of hydrogen-bond acceptors (Lipinski definition) is 5. The fourth-order valence-electron chi connectivity index (χ4n) is 2.38. The van der Waals surface area contributed by atoms with E-state index in [-0.39, 0.29) is 17.0 Å². The van der Waals surface area contributed by atoms with E-state index >= 15 is 0 Å². The summed E-state index contributed by atoms with van der Waals surface area (Å²) in [7, 11) is -1.75. The second kappa shape index (κ2) is 5.85. The van der Waals surface area contributed by atoms with Crippen molar-refractivity contribution >= 4 is 10.0 Å². The maximum atomic E-state index is 12.8. The molecule has 114 valence electrons. The first-order valence-corrected chi connectivity index (χ1v) is 8.17. The fraction of sp³-hybridized carbons (Fsp3) is 0.692. The summed E-state index contributed by atoms with van der Waals surface area (Å²) in [6.07, 6.45) is -0.0926. The summed E-state index contributed by atoms with van der Waals surface area (Å²) in [6, 6.07) is 1.44. The molecule has 0 saturated carbocycles. The van der Waals surface area contributed by atoms with Gasteiger partial charge in [-0.15, -0.1) is 0 Å². The summed E-state index contributed by atoms with van der Waals surface area (Å²) in [5.74, 6) is 1.05. The Bertz CT molecular complexity index is 567. The highest BCUT2D eigenvalue weighted by Gasteiger charge is 2.36. The molecule has 0 aliphatic carbocycles. The second-order valence-corrected chi connectivity index (χ2v) is 7.09. The molecule has 20 heavy (non-hydrogen) atoms. The molecule has 2 heterocycles. The Morgan fingerprint density at radius 3 is 2.80 bits per heavy atom. The van der Waals surface area contributed by atoms with Crippen LogP contribution in [0.1, 0.15) is 25.4 Å². The van der Waals surface area contributed by atoms with Crippen molar-refractivity contribution in [1.82, 2.24) is 9.62 Å². The number of ether oxygens (including phenoxy) is 1. The predicted molar refractivity (Wildman–Crippen MR) is 75.0 cm³/mol. The van der Waals surface area contributed by atoms with Gasteiger partial charge in [-0.05, 0) is 27.8 Å². The van der Waals surface area contributed by atoms with Crippen molar-refractivity contribution in [3.63, 3.8) is 0 Å². The molecule has 1 aliphatic rings. The molecule has 2 unspecified atom stereocenters. The van der Waals surface area contributed by atoms with Gasteiger partial charge >= 0.3 is 0 Å². The Hall–Kier alpha value is -0.890. The minimum Gasteiger partial charge on any atom is -0.464 e. The smallest absolute Gasteiger partial charge is 0.246 e. The molecular formula is C13H22N2O4S. The number of nitrogens with one attached hydrogen (secondary N) is 1. The third kappa shape index (κ3) is 2.90. The quantitative estimate of drug-likeness (QED) is 0.902. The van der Waals surface area contributed by atoms with Crippen LogP contribution < -0.4 is 5.32 Å². The zero-order valence-corrected chi connectivity index (χ0v) is 13.2. The van der Waals surface area contributed by atoms with Gasteiger partial charge in [0.1, 0.15) is 16.4 Å². The van der Waals surface area contributed by atoms with Gasteiger partial charge in [0.25, 0.3) is 0 Å². The maximum absolute atomic E-state index is 12.8. The van der Waals surface area contributed by atoms with Gasteiger partial charge < -0.3 is 14.5 Å². The van der Waals surface area contributed by atoms with Crippen LogP contribution in [-0.2, 0) is 21.3 Å². The lowest BCUT2D eigenvalue weighted by Crippen LogP contribution is -2.50. The Balaban J connectivity index is 2.34. The molecule has 1 N–H and O–H groups in total. The van der Waals surface area contributed by atoms with E-state index in [9.17, 15) is 8.42 Å². The van der Waals surface area contributed by atoms with Crippen LogP contribution in [0.15, 0.2) is 15.4 Å². The molecule has 2 rings (SSSR count). The van der Waals surface area contributed by atoms with Crippen molar-refractivity contribution < 1.29 is 17.6 Å². The van der Waals surface area contributed by atoms with Crippen molar-refractivity contribution in [2.75, 3.05) is 20.2 Å². The van der Waals surface area contributed by atoms with Crippen LogP contribution in [0.3, 0.4) is 0 Å². The van der Waals surface area contributed by atoms with Crippen LogP contribution in [0.2, 0.25) is 0 Å². The van der Waals surface area contributed by atoms with Gasteiger partial charge in [0.2, 0.25) is 10.0 Å². The van der Waals surface area contributed by atoms with Crippen LogP contribution in [-0.4, -0.2) is 45.1 Å². The van der Waals surface area contributed by atoms with E-state index in [4.69, 9.17) is 9.15 Å². The molecule has 2 atom stereocenters. The first kappa shape index (κ1) is 15.5. The first-order valence-electron chi connectivity index (χ1n) is 6.73. The van der Waals surface area contributed by atoms with Gasteiger partial charge in [-0.2, -0.15) is 4.31 Å². The highest BCUT2D eigenvalue weighted by molar-refractivity contribution is 7.89. The van der Waals surface area contributed by atoms with Crippen molar-refractivity contribution in [2.45, 2.75) is 44.4 Å². The molecule has 1 saturated heterocycles. The second-order valence-electron chi connectivity index (χ2n) is 5.23. The van der Waals surface area contributed by atoms with Gasteiger partial charge in [-0.1, -0.05) is 0 Å². The van der Waals surface area contributed by atoms with E-state index in [1.165, 1.54) is 4.31 Å². The van der Waals surface area contributed by atoms with Crippen molar-refractivity contribution in [3.05, 3.63) is 17.6 Å². The van der Waals surface area contributed by atoms with E-state index in [0.717, 1.165) is 0 Å². The molecule has 0 amide bonds. The molecule has 0 spiro atoms. The maximum Gasteiger partial charge on any atom is 0.246 e. The predicted octanol–water partition coefficient (Wildman–Crippen LogP) is 1.11. The van der Waals surface area contributed by atoms with Crippen molar-refractivity contribution in [3.8, 4) is 0 Å². The van der Waals surface area contributed by atoms with Crippen molar-refractivity contribution in [2.24, 2.45) is 0 Å². The number of sulfonamides is 1. The minimum absolute atomic E-state index is 0.0926. The molecule has 6 nitrogen and oxygen atoms in total. The summed E-state index contributed by atoms with van der Waals surface area (Å²) >= 11 is 0. The molecule has 1 aliphatic heterocycles. The van der Waals surface area contributed by atoms with E-state index in [2.05, 4.69) is 5.32 Å². The molecule has 1 fully saturated rings. The summed E-state index contributed by atoms with van der Waals surface area (Å²) in [5.41, 5.74) is 0. The Kier molecular flexibility index (Phi) is 4.53. The third-order valence-corrected chi connectivity index (χ3v) is 5.50. The van der Waals surface area contributed by atoms with Crippen LogP contribution in [0.25, 0.3) is 0 Å². The lowest BCUT2D eigenvalue weighted by atomic mass is 10.2. The standard InChI is InChI=1S/C13H22N2O4S/c1-9-8-18-10(2)7-15(9)20(16,17)13-5-12(6-14-4)19-11(13)3/h5,9-10,14H,6-8H2,1-4H3. The number of nitrogens with zero attached hydrogens (tertiary/aromatic N) is 1. The van der Waals surface area contributed by atoms with E-state index in [1.807, 2.05) is 13.8 Å². The van der Waals surface area contributed by atoms with E-state index < -0.39 is 10.0 Å². The first-order chi connectivity index (χ1) is 9.36. The zero-order chi connectivity index (χ0) is 14.9. The molecule has 7 heteroatoms. The average molecular weight is 302 g/mol. The van der Waals surface area contributed by atoms with E-state index in [0.29, 0.717) is 31.2 Å². The number of furan rings is 1. The normalized spacial score (nSPS) is 25.0. The molecule has 1 aromatic rings. The van der Waals surface area contributed by atoms with Gasteiger partial charge in [0, 0.05) is 18.7 Å². The van der Waals surface area contributed by atoms with E-state index in [1.54, 1.807) is 20.0 Å². The van der Waals surface area contributed by atoms with Crippen molar-refractivity contribution in [1.29, 1.82) is 0 Å². The SMILES string of the molecule is CNCc1cc(S(=O)(=O)N2CC(C)OCC2C)c(C)o1. The largest absolute Gasteiger partial charge is 0.464 e. The number of hydrogen-bond donors (Lipinski definition) is 1. The lowest BCUT2D eigenvalue weighted by Gasteiger charge is -2.35. The van der Waals surface area contributed by atoms with Crippen LogP contribution in [0, 0.1) is 6.92 Å². The average Bonchev–Trinajstić information content (AvgIpc) is 2.74. The number of rotatable bonds is 4. The third-order valence-electron chi connectivity index (χ3n) is 3.41. The zero-order valence-electron chi connectivity index (χ0n) is 12.3. The van der Waals surface area contributed by atoms with Crippen LogP contribution in [0.5, 0.6) is 0 Å². The molecular weight excluding hydrogens is 280 g/mol. The lowest BCUT2D eigenvalue weighted by molar-refractivity contribution is -0.0170. The summed E-state index contributed by atoms with van der Waals surface area (Å²) in [5, 5.41) is 2.95. The highest BCUT2D eigenvalue weighted by atomic mass is 32.2. The van der Waals surface area contributed by atoms with Gasteiger partial charge in [-0.3, -0.25) is 0 Å². The summed E-state index contributed by atoms with van der Waals surface area (Å²) < 4.78 is 38.0. The molecule has 0 radical (unpaired) electrons. The fourth-order valence-corrected chi connectivity index (χ4v) is 4.25. The Morgan fingerprint density at radius 2 is 2.15 bits per heavy atom. The molecule has 0 aromatic carbocycles. The minimum atomic E-state index is -3.54. The van der Waals surface area contributed by atoms with Gasteiger partial charge in [0.15, 0.2) is 0 Å². The summed E-state index contributed by atoms with van der Waals surface area (Å²) in [6.45, 7) is 6.71. The van der Waals surface area contributed by atoms with Gasteiger partial charge in [0.05, 0.1) is 19.3 Å². The highest BCUT2D eigenvalue weighted by Crippen LogP contribution is 2.27. The van der Waals surface area contributed by atoms with Gasteiger partial charge in [-0.25, -0.2) is 8.42 Å². The topological polar surface area (TPSA) is 71.8 Å². The summed E-state index contributed by atoms with van der Waals surface area (Å²) in [4.78, 5) is 0.253. The molecule has 0 bridgehead atoms. The Labute approximate surface area is 120 Å².